The largest absolute Gasteiger partial charge is 0.469 e. The summed E-state index contributed by atoms with van der Waals surface area (Å²) in [5.74, 6) is -0.483. The average Bonchev–Trinajstić information content (AvgIpc) is 2.98. The van der Waals surface area contributed by atoms with Crippen LogP contribution in [0.2, 0.25) is 0 Å². The van der Waals surface area contributed by atoms with Gasteiger partial charge in [0.2, 0.25) is 0 Å². The molecular weight excluding hydrogens is 378 g/mol. The average molecular weight is 408 g/mol. The van der Waals surface area contributed by atoms with Gasteiger partial charge in [-0.3, -0.25) is 9.59 Å². The normalized spacial score (nSPS) is 12.4. The van der Waals surface area contributed by atoms with Crippen molar-refractivity contribution in [2.75, 3.05) is 7.11 Å². The van der Waals surface area contributed by atoms with Gasteiger partial charge in [-0.25, -0.2) is 0 Å². The molecule has 0 bridgehead atoms. The van der Waals surface area contributed by atoms with E-state index in [1.165, 1.54) is 7.11 Å². The van der Waals surface area contributed by atoms with Gasteiger partial charge in [-0.2, -0.15) is 5.26 Å². The van der Waals surface area contributed by atoms with E-state index in [1.54, 1.807) is 6.08 Å². The molecule has 1 heterocycles. The molecule has 0 spiro atoms. The molecule has 0 unspecified atom stereocenters. The molecule has 2 aromatic rings. The zero-order valence-corrected chi connectivity index (χ0v) is 18.2. The Bertz CT molecular complexity index is 966. The molecule has 158 valence electrons. The van der Waals surface area contributed by atoms with Crippen molar-refractivity contribution in [1.29, 1.82) is 5.26 Å². The Balaban J connectivity index is 2.30. The second kappa shape index (κ2) is 10.4. The van der Waals surface area contributed by atoms with E-state index < -0.39 is 17.9 Å². The lowest BCUT2D eigenvalue weighted by Gasteiger charge is -2.18. The fourth-order valence-electron chi connectivity index (χ4n) is 3.35. The quantitative estimate of drug-likeness (QED) is 0.406. The number of ether oxygens (including phenoxy) is 1. The molecule has 6 heteroatoms. The Morgan fingerprint density at radius 1 is 1.23 bits per heavy atom. The van der Waals surface area contributed by atoms with E-state index in [-0.39, 0.29) is 12.0 Å². The number of methoxy groups -OCH3 is 1. The molecule has 0 saturated carbocycles. The molecular formula is C24H29N3O3. The van der Waals surface area contributed by atoms with Gasteiger partial charge in [-0.15, -0.1) is 0 Å². The number of carbonyl (C=O) groups is 2. The third-order valence-electron chi connectivity index (χ3n) is 4.93. The van der Waals surface area contributed by atoms with E-state index in [9.17, 15) is 14.9 Å². The summed E-state index contributed by atoms with van der Waals surface area (Å²) in [7, 11) is 1.31. The fraction of sp³-hybridized carbons (Fsp3) is 0.375. The molecule has 30 heavy (non-hydrogen) atoms. The number of aromatic nitrogens is 1. The molecule has 1 N–H and O–H groups in total. The van der Waals surface area contributed by atoms with Crippen LogP contribution in [0.1, 0.15) is 48.8 Å². The summed E-state index contributed by atoms with van der Waals surface area (Å²) in [6.45, 7) is 9.16. The van der Waals surface area contributed by atoms with Crippen molar-refractivity contribution in [3.8, 4) is 6.07 Å². The van der Waals surface area contributed by atoms with Gasteiger partial charge in [-0.05, 0) is 43.0 Å². The minimum Gasteiger partial charge on any atom is -0.469 e. The topological polar surface area (TPSA) is 84.1 Å². The Kier molecular flexibility index (Phi) is 7.99. The maximum absolute atomic E-state index is 12.9. The van der Waals surface area contributed by atoms with Crippen LogP contribution in [-0.2, 0) is 20.9 Å². The Morgan fingerprint density at radius 2 is 1.90 bits per heavy atom. The van der Waals surface area contributed by atoms with Gasteiger partial charge in [0, 0.05) is 17.9 Å². The van der Waals surface area contributed by atoms with Crippen molar-refractivity contribution < 1.29 is 14.3 Å². The predicted molar refractivity (Wildman–Crippen MR) is 116 cm³/mol. The molecule has 0 radical (unpaired) electrons. The number of nitrogens with zero attached hydrogens (tertiary/aromatic N) is 2. The van der Waals surface area contributed by atoms with Gasteiger partial charge in [0.1, 0.15) is 11.6 Å². The van der Waals surface area contributed by atoms with E-state index in [4.69, 9.17) is 4.74 Å². The number of esters is 1. The van der Waals surface area contributed by atoms with Gasteiger partial charge in [-0.1, -0.05) is 44.2 Å². The van der Waals surface area contributed by atoms with Crippen LogP contribution in [0.5, 0.6) is 0 Å². The lowest BCUT2D eigenvalue weighted by atomic mass is 10.0. The highest BCUT2D eigenvalue weighted by molar-refractivity contribution is 6.02. The maximum Gasteiger partial charge on any atom is 0.307 e. The minimum atomic E-state index is -0.587. The molecule has 1 amide bonds. The molecule has 0 aliphatic rings. The molecule has 0 aliphatic heterocycles. The summed E-state index contributed by atoms with van der Waals surface area (Å²) in [5, 5.41) is 12.4. The number of benzene rings is 1. The van der Waals surface area contributed by atoms with E-state index in [2.05, 4.69) is 23.7 Å². The lowest BCUT2D eigenvalue weighted by molar-refractivity contribution is -0.141. The Labute approximate surface area is 178 Å². The number of hydrogen-bond donors (Lipinski definition) is 1. The Hall–Kier alpha value is -3.33. The number of nitrogens with one attached hydrogen (secondary N) is 1. The maximum atomic E-state index is 12.9. The highest BCUT2D eigenvalue weighted by Gasteiger charge is 2.21. The van der Waals surface area contributed by atoms with Crippen LogP contribution in [0.4, 0.5) is 0 Å². The molecule has 1 aromatic heterocycles. The third kappa shape index (κ3) is 5.84. The van der Waals surface area contributed by atoms with Crippen molar-refractivity contribution >= 4 is 18.0 Å². The first-order valence-corrected chi connectivity index (χ1v) is 9.98. The van der Waals surface area contributed by atoms with Crippen LogP contribution in [0.25, 0.3) is 6.08 Å². The van der Waals surface area contributed by atoms with Crippen molar-refractivity contribution in [2.24, 2.45) is 5.92 Å². The second-order valence-electron chi connectivity index (χ2n) is 7.72. The van der Waals surface area contributed by atoms with Gasteiger partial charge in [0.05, 0.1) is 19.6 Å². The summed E-state index contributed by atoms with van der Waals surface area (Å²) in [5.41, 5.74) is 3.69. The van der Waals surface area contributed by atoms with Gasteiger partial charge < -0.3 is 14.6 Å². The number of carbonyl (C=O) groups excluding carboxylic acids is 2. The van der Waals surface area contributed by atoms with Crippen LogP contribution >= 0.6 is 0 Å². The zero-order valence-electron chi connectivity index (χ0n) is 18.2. The lowest BCUT2D eigenvalue weighted by Crippen LogP contribution is -2.31. The minimum absolute atomic E-state index is 0.00871. The zero-order chi connectivity index (χ0) is 22.3. The standard InChI is InChI=1S/C24H29N3O3/c1-16(2)15-27-17(3)11-20(18(27)4)12-21(14-25)24(29)26-22(13-23(28)30-5)19-9-7-6-8-10-19/h6-12,16,22H,13,15H2,1-5H3,(H,26,29)/b21-12+/t22-/m0/s1. The van der Waals surface area contributed by atoms with Crippen LogP contribution in [0.3, 0.4) is 0 Å². The number of hydrogen-bond acceptors (Lipinski definition) is 4. The first-order chi connectivity index (χ1) is 14.3. The number of aryl methyl sites for hydroxylation is 1. The van der Waals surface area contributed by atoms with Crippen molar-refractivity contribution in [2.45, 2.75) is 46.7 Å². The first-order valence-electron chi connectivity index (χ1n) is 9.98. The summed E-state index contributed by atoms with van der Waals surface area (Å²) in [6.07, 6.45) is 1.59. The molecule has 1 aromatic carbocycles. The van der Waals surface area contributed by atoms with Crippen molar-refractivity contribution in [1.82, 2.24) is 9.88 Å². The molecule has 2 rings (SSSR count). The van der Waals surface area contributed by atoms with E-state index in [0.29, 0.717) is 5.92 Å². The van der Waals surface area contributed by atoms with Gasteiger partial charge in [0.25, 0.3) is 5.91 Å². The predicted octanol–water partition coefficient (Wildman–Crippen LogP) is 4.09. The second-order valence-corrected chi connectivity index (χ2v) is 7.72. The molecule has 1 atom stereocenters. The molecule has 0 aliphatic carbocycles. The molecule has 0 saturated heterocycles. The van der Waals surface area contributed by atoms with Crippen LogP contribution in [-0.4, -0.2) is 23.6 Å². The van der Waals surface area contributed by atoms with E-state index >= 15 is 0 Å². The van der Waals surface area contributed by atoms with Gasteiger partial charge >= 0.3 is 5.97 Å². The summed E-state index contributed by atoms with van der Waals surface area (Å²) in [4.78, 5) is 24.7. The summed E-state index contributed by atoms with van der Waals surface area (Å²) >= 11 is 0. The number of rotatable bonds is 8. The van der Waals surface area contributed by atoms with E-state index in [1.807, 2.05) is 56.3 Å². The number of amides is 1. The smallest absolute Gasteiger partial charge is 0.307 e. The highest BCUT2D eigenvalue weighted by atomic mass is 16.5. The first kappa shape index (κ1) is 23.0. The van der Waals surface area contributed by atoms with Crippen LogP contribution < -0.4 is 5.32 Å². The molecule has 6 nitrogen and oxygen atoms in total. The van der Waals surface area contributed by atoms with Gasteiger partial charge in [0.15, 0.2) is 0 Å². The van der Waals surface area contributed by atoms with Crippen molar-refractivity contribution in [3.63, 3.8) is 0 Å². The van der Waals surface area contributed by atoms with Crippen LogP contribution in [0, 0.1) is 31.1 Å². The van der Waals surface area contributed by atoms with Crippen LogP contribution in [0.15, 0.2) is 42.0 Å². The van der Waals surface area contributed by atoms with Crippen molar-refractivity contribution in [3.05, 3.63) is 64.5 Å². The highest BCUT2D eigenvalue weighted by Crippen LogP contribution is 2.21. The summed E-state index contributed by atoms with van der Waals surface area (Å²) in [6, 6.07) is 12.5. The number of nitriles is 1. The fourth-order valence-corrected chi connectivity index (χ4v) is 3.35. The summed E-state index contributed by atoms with van der Waals surface area (Å²) < 4.78 is 6.94. The third-order valence-corrected chi connectivity index (χ3v) is 4.93. The molecule has 0 fully saturated rings. The monoisotopic (exact) mass is 407 g/mol. The Morgan fingerprint density at radius 3 is 2.47 bits per heavy atom. The van der Waals surface area contributed by atoms with E-state index in [0.717, 1.165) is 29.1 Å². The SMILES string of the molecule is COC(=O)C[C@H](NC(=O)/C(C#N)=C/c1cc(C)n(CC(C)C)c1C)c1ccccc1.